The van der Waals surface area contributed by atoms with E-state index in [0.29, 0.717) is 28.3 Å². The van der Waals surface area contributed by atoms with E-state index in [1.807, 2.05) is 26.0 Å². The smallest absolute Gasteiger partial charge is 0.138 e. The lowest BCUT2D eigenvalue weighted by atomic mass is 9.97. The molecule has 3 N–H and O–H groups in total. The standard InChI is InChI=1S/C22H22N4O2/c1-14-8-18(9-15(2)26-14)28-21-10-16(11-23)4-6-19(21)20-7-5-17(12-25-20)22(3,27)13-24/h4-10,12,27H,13,24H2,1-3H3/t22-/m1/s1. The highest BCUT2D eigenvalue weighted by Gasteiger charge is 2.21. The first-order valence-electron chi connectivity index (χ1n) is 8.89. The van der Waals surface area contributed by atoms with Crippen LogP contribution in [0, 0.1) is 25.2 Å². The molecule has 0 bridgehead atoms. The molecule has 6 nitrogen and oxygen atoms in total. The minimum Gasteiger partial charge on any atom is -0.456 e. The largest absolute Gasteiger partial charge is 0.456 e. The molecule has 2 aromatic heterocycles. The molecule has 2 heterocycles. The molecular weight excluding hydrogens is 352 g/mol. The number of aliphatic hydroxyl groups is 1. The highest BCUT2D eigenvalue weighted by atomic mass is 16.5. The molecule has 0 unspecified atom stereocenters. The summed E-state index contributed by atoms with van der Waals surface area (Å²) in [5.41, 5.74) is 8.71. The van der Waals surface area contributed by atoms with Gasteiger partial charge in [0.05, 0.1) is 17.3 Å². The van der Waals surface area contributed by atoms with Gasteiger partial charge >= 0.3 is 0 Å². The summed E-state index contributed by atoms with van der Waals surface area (Å²) in [6, 6.07) is 14.6. The highest BCUT2D eigenvalue weighted by Crippen LogP contribution is 2.34. The number of nitrogens with zero attached hydrogens (tertiary/aromatic N) is 3. The molecule has 3 aromatic rings. The van der Waals surface area contributed by atoms with Gasteiger partial charge in [0.15, 0.2) is 0 Å². The van der Waals surface area contributed by atoms with E-state index in [4.69, 9.17) is 10.5 Å². The Labute approximate surface area is 164 Å². The molecule has 0 aliphatic carbocycles. The van der Waals surface area contributed by atoms with Gasteiger partial charge in [-0.15, -0.1) is 0 Å². The molecule has 0 aliphatic heterocycles. The molecule has 28 heavy (non-hydrogen) atoms. The summed E-state index contributed by atoms with van der Waals surface area (Å²) in [5, 5.41) is 19.6. The van der Waals surface area contributed by atoms with Crippen LogP contribution in [0.5, 0.6) is 11.5 Å². The minimum absolute atomic E-state index is 0.0972. The van der Waals surface area contributed by atoms with E-state index >= 15 is 0 Å². The first-order valence-corrected chi connectivity index (χ1v) is 8.89. The van der Waals surface area contributed by atoms with Gasteiger partial charge in [-0.2, -0.15) is 5.26 Å². The first kappa shape index (κ1) is 19.5. The zero-order valence-electron chi connectivity index (χ0n) is 16.1. The van der Waals surface area contributed by atoms with Crippen molar-refractivity contribution in [1.29, 1.82) is 5.26 Å². The van der Waals surface area contributed by atoms with E-state index in [2.05, 4.69) is 16.0 Å². The van der Waals surface area contributed by atoms with Crippen molar-refractivity contribution in [2.45, 2.75) is 26.4 Å². The first-order chi connectivity index (χ1) is 13.3. The fourth-order valence-corrected chi connectivity index (χ4v) is 2.86. The molecule has 0 saturated carbocycles. The van der Waals surface area contributed by atoms with Crippen molar-refractivity contribution in [2.75, 3.05) is 6.54 Å². The maximum absolute atomic E-state index is 10.3. The molecule has 1 atom stereocenters. The lowest BCUT2D eigenvalue weighted by molar-refractivity contribution is 0.0665. The SMILES string of the molecule is Cc1cc(Oc2cc(C#N)ccc2-c2ccc([C@](C)(O)CN)cn2)cc(C)n1. The van der Waals surface area contributed by atoms with Gasteiger partial charge in [-0.05, 0) is 45.0 Å². The van der Waals surface area contributed by atoms with Crippen molar-refractivity contribution in [1.82, 2.24) is 9.97 Å². The monoisotopic (exact) mass is 374 g/mol. The van der Waals surface area contributed by atoms with Gasteiger partial charge < -0.3 is 15.6 Å². The van der Waals surface area contributed by atoms with E-state index < -0.39 is 5.60 Å². The van der Waals surface area contributed by atoms with Crippen molar-refractivity contribution in [3.8, 4) is 28.8 Å². The summed E-state index contributed by atoms with van der Waals surface area (Å²) in [5.74, 6) is 1.17. The van der Waals surface area contributed by atoms with Crippen molar-refractivity contribution in [2.24, 2.45) is 5.73 Å². The van der Waals surface area contributed by atoms with Crippen molar-refractivity contribution >= 4 is 0 Å². The van der Waals surface area contributed by atoms with Gasteiger partial charge in [0.1, 0.15) is 17.1 Å². The van der Waals surface area contributed by atoms with Crippen LogP contribution in [-0.4, -0.2) is 21.6 Å². The van der Waals surface area contributed by atoms with E-state index in [0.717, 1.165) is 17.0 Å². The second-order valence-corrected chi connectivity index (χ2v) is 6.92. The summed E-state index contributed by atoms with van der Waals surface area (Å²) in [4.78, 5) is 8.82. The third-order valence-corrected chi connectivity index (χ3v) is 4.45. The number of aromatic nitrogens is 2. The Kier molecular flexibility index (Phi) is 5.41. The highest BCUT2D eigenvalue weighted by molar-refractivity contribution is 5.69. The lowest BCUT2D eigenvalue weighted by Crippen LogP contribution is -2.31. The number of ether oxygens (including phenoxy) is 1. The molecule has 0 amide bonds. The van der Waals surface area contributed by atoms with Crippen molar-refractivity contribution < 1.29 is 9.84 Å². The van der Waals surface area contributed by atoms with Crippen LogP contribution in [-0.2, 0) is 5.60 Å². The molecule has 6 heteroatoms. The molecule has 0 fully saturated rings. The van der Waals surface area contributed by atoms with Gasteiger partial charge in [0.2, 0.25) is 0 Å². The number of rotatable bonds is 5. The van der Waals surface area contributed by atoms with E-state index in [1.54, 1.807) is 43.5 Å². The number of nitriles is 1. The van der Waals surface area contributed by atoms with Crippen molar-refractivity contribution in [3.63, 3.8) is 0 Å². The van der Waals surface area contributed by atoms with E-state index in [-0.39, 0.29) is 6.54 Å². The number of benzene rings is 1. The summed E-state index contributed by atoms with van der Waals surface area (Å²) >= 11 is 0. The summed E-state index contributed by atoms with van der Waals surface area (Å²) in [6.07, 6.45) is 1.60. The van der Waals surface area contributed by atoms with Crippen LogP contribution in [0.4, 0.5) is 0 Å². The van der Waals surface area contributed by atoms with Crippen LogP contribution in [0.1, 0.15) is 29.4 Å². The molecule has 0 saturated heterocycles. The molecule has 0 aliphatic rings. The van der Waals surface area contributed by atoms with Gasteiger partial charge in [-0.25, -0.2) is 0 Å². The Balaban J connectivity index is 2.03. The third kappa shape index (κ3) is 4.17. The van der Waals surface area contributed by atoms with Crippen LogP contribution in [0.25, 0.3) is 11.3 Å². The maximum Gasteiger partial charge on any atom is 0.138 e. The number of aryl methyl sites for hydroxylation is 2. The second kappa shape index (κ2) is 7.77. The quantitative estimate of drug-likeness (QED) is 0.707. The topological polar surface area (TPSA) is 105 Å². The van der Waals surface area contributed by atoms with Crippen LogP contribution < -0.4 is 10.5 Å². The molecule has 0 spiro atoms. The normalized spacial score (nSPS) is 12.9. The molecule has 3 rings (SSSR count). The van der Waals surface area contributed by atoms with Crippen LogP contribution in [0.15, 0.2) is 48.7 Å². The summed E-state index contributed by atoms with van der Waals surface area (Å²) in [7, 11) is 0. The molecule has 1 aromatic carbocycles. The average molecular weight is 374 g/mol. The minimum atomic E-state index is -1.14. The number of hydrogen-bond donors (Lipinski definition) is 2. The zero-order chi connectivity index (χ0) is 20.3. The van der Waals surface area contributed by atoms with Gasteiger partial charge in [0.25, 0.3) is 0 Å². The Bertz CT molecular complexity index is 1020. The number of nitrogens with two attached hydrogens (primary N) is 1. The van der Waals surface area contributed by atoms with Gasteiger partial charge in [-0.3, -0.25) is 9.97 Å². The summed E-state index contributed by atoms with van der Waals surface area (Å²) in [6.45, 7) is 5.54. The Morgan fingerprint density at radius 1 is 1.14 bits per heavy atom. The molecular formula is C22H22N4O2. The van der Waals surface area contributed by atoms with Crippen molar-refractivity contribution in [3.05, 3.63) is 71.2 Å². The average Bonchev–Trinajstić information content (AvgIpc) is 2.67. The number of pyridine rings is 2. The fourth-order valence-electron chi connectivity index (χ4n) is 2.86. The zero-order valence-corrected chi connectivity index (χ0v) is 16.1. The van der Waals surface area contributed by atoms with E-state index in [9.17, 15) is 10.4 Å². The predicted molar refractivity (Wildman–Crippen MR) is 107 cm³/mol. The van der Waals surface area contributed by atoms with Crippen LogP contribution in [0.2, 0.25) is 0 Å². The lowest BCUT2D eigenvalue weighted by Gasteiger charge is -2.21. The Morgan fingerprint density at radius 2 is 1.86 bits per heavy atom. The Morgan fingerprint density at radius 3 is 2.43 bits per heavy atom. The Hall–Kier alpha value is -3.27. The second-order valence-electron chi connectivity index (χ2n) is 6.92. The van der Waals surface area contributed by atoms with Crippen LogP contribution >= 0.6 is 0 Å². The third-order valence-electron chi connectivity index (χ3n) is 4.45. The fraction of sp³-hybridized carbons (Fsp3) is 0.227. The number of hydrogen-bond acceptors (Lipinski definition) is 6. The van der Waals surface area contributed by atoms with Gasteiger partial charge in [0, 0.05) is 47.4 Å². The van der Waals surface area contributed by atoms with Gasteiger partial charge in [-0.1, -0.05) is 6.07 Å². The predicted octanol–water partition coefficient (Wildman–Crippen LogP) is 3.59. The molecule has 0 radical (unpaired) electrons. The van der Waals surface area contributed by atoms with E-state index in [1.165, 1.54) is 0 Å². The maximum atomic E-state index is 10.3. The van der Waals surface area contributed by atoms with Crippen LogP contribution in [0.3, 0.4) is 0 Å². The summed E-state index contributed by atoms with van der Waals surface area (Å²) < 4.78 is 6.09. The molecule has 142 valence electrons.